The SMILES string of the molecule is CSCCN(CCC12CC3CC(CC(C3)C1)C2)C(=O)NC(C)C(=O)N1CCN(C)CC1. The van der Waals surface area contributed by atoms with Gasteiger partial charge in [0, 0.05) is 45.0 Å². The molecule has 3 amide bonds. The van der Waals surface area contributed by atoms with Crippen molar-refractivity contribution in [1.29, 1.82) is 0 Å². The average molecular weight is 451 g/mol. The minimum absolute atomic E-state index is 0.0485. The van der Waals surface area contributed by atoms with E-state index in [1.165, 1.54) is 38.5 Å². The van der Waals surface area contributed by atoms with Gasteiger partial charge in [-0.15, -0.1) is 0 Å². The van der Waals surface area contributed by atoms with Crippen molar-refractivity contribution in [3.63, 3.8) is 0 Å². The second-order valence-electron chi connectivity index (χ2n) is 10.9. The molecule has 0 aromatic heterocycles. The standard InChI is InChI=1S/C24H42N4O2S/c1-18(22(29)27-8-6-26(2)7-9-27)25-23(30)28(10-11-31-3)5-4-24-15-19-12-20(16-24)14-21(13-19)17-24/h18-21H,4-17H2,1-3H3,(H,25,30). The second kappa shape index (κ2) is 9.90. The molecule has 0 spiro atoms. The highest BCUT2D eigenvalue weighted by atomic mass is 32.2. The number of likely N-dealkylation sites (N-methyl/N-ethyl adjacent to an activating group) is 1. The van der Waals surface area contributed by atoms with Crippen LogP contribution in [-0.4, -0.2) is 91.0 Å². The quantitative estimate of drug-likeness (QED) is 0.617. The van der Waals surface area contributed by atoms with Crippen LogP contribution >= 0.6 is 11.8 Å². The fourth-order valence-corrected chi connectivity index (χ4v) is 7.53. The minimum atomic E-state index is -0.466. The Balaban J connectivity index is 1.31. The second-order valence-corrected chi connectivity index (χ2v) is 11.9. The molecule has 6 nitrogen and oxygen atoms in total. The lowest BCUT2D eigenvalue weighted by Gasteiger charge is -2.57. The number of nitrogens with zero attached hydrogens (tertiary/aromatic N) is 3. The average Bonchev–Trinajstić information content (AvgIpc) is 2.72. The first kappa shape index (κ1) is 23.2. The Labute approximate surface area is 192 Å². The maximum atomic E-state index is 13.1. The lowest BCUT2D eigenvalue weighted by molar-refractivity contribution is -0.134. The summed E-state index contributed by atoms with van der Waals surface area (Å²) >= 11 is 1.78. The fourth-order valence-electron chi connectivity index (χ4n) is 7.12. The maximum absolute atomic E-state index is 13.1. The summed E-state index contributed by atoms with van der Waals surface area (Å²) in [5.74, 6) is 3.82. The molecular formula is C24H42N4O2S. The number of rotatable bonds is 8. The summed E-state index contributed by atoms with van der Waals surface area (Å²) in [6.07, 6.45) is 11.8. The molecule has 1 aliphatic heterocycles. The third kappa shape index (κ3) is 5.52. The minimum Gasteiger partial charge on any atom is -0.338 e. The summed E-state index contributed by atoms with van der Waals surface area (Å²) in [5, 5.41) is 3.03. The van der Waals surface area contributed by atoms with E-state index in [2.05, 4.69) is 23.5 Å². The highest BCUT2D eigenvalue weighted by molar-refractivity contribution is 7.98. The molecule has 0 aromatic rings. The molecule has 31 heavy (non-hydrogen) atoms. The van der Waals surface area contributed by atoms with Gasteiger partial charge in [0.25, 0.3) is 0 Å². The van der Waals surface area contributed by atoms with Gasteiger partial charge in [0.15, 0.2) is 0 Å². The molecule has 5 rings (SSSR count). The third-order valence-corrected chi connectivity index (χ3v) is 9.05. The van der Waals surface area contributed by atoms with E-state index in [-0.39, 0.29) is 11.9 Å². The number of hydrogen-bond donors (Lipinski definition) is 1. The van der Waals surface area contributed by atoms with Crippen molar-refractivity contribution in [3.8, 4) is 0 Å². The van der Waals surface area contributed by atoms with Gasteiger partial charge in [-0.3, -0.25) is 4.79 Å². The number of urea groups is 1. The predicted molar refractivity (Wildman–Crippen MR) is 127 cm³/mol. The summed E-state index contributed by atoms with van der Waals surface area (Å²) in [6, 6.07) is -0.527. The zero-order chi connectivity index (χ0) is 22.0. The highest BCUT2D eigenvalue weighted by Crippen LogP contribution is 2.61. The first-order valence-corrected chi connectivity index (χ1v) is 13.8. The molecule has 0 aromatic carbocycles. The predicted octanol–water partition coefficient (Wildman–Crippen LogP) is 3.13. The van der Waals surface area contributed by atoms with E-state index in [1.54, 1.807) is 11.8 Å². The number of thioether (sulfide) groups is 1. The van der Waals surface area contributed by atoms with Crippen LogP contribution in [0.2, 0.25) is 0 Å². The summed E-state index contributed by atoms with van der Waals surface area (Å²) < 4.78 is 0. The van der Waals surface area contributed by atoms with Crippen molar-refractivity contribution in [2.24, 2.45) is 23.2 Å². The fraction of sp³-hybridized carbons (Fsp3) is 0.917. The van der Waals surface area contributed by atoms with Crippen LogP contribution in [-0.2, 0) is 4.79 Å². The van der Waals surface area contributed by atoms with Gasteiger partial charge in [-0.1, -0.05) is 0 Å². The zero-order valence-electron chi connectivity index (χ0n) is 19.8. The number of piperazine rings is 1. The molecule has 4 bridgehead atoms. The molecular weight excluding hydrogens is 408 g/mol. The number of hydrogen-bond acceptors (Lipinski definition) is 4. The van der Waals surface area contributed by atoms with Crippen LogP contribution in [0, 0.1) is 23.2 Å². The normalized spacial score (nSPS) is 33.4. The summed E-state index contributed by atoms with van der Waals surface area (Å²) in [4.78, 5) is 32.1. The van der Waals surface area contributed by atoms with Gasteiger partial charge < -0.3 is 20.0 Å². The van der Waals surface area contributed by atoms with E-state index in [4.69, 9.17) is 0 Å². The molecule has 1 saturated heterocycles. The van der Waals surface area contributed by atoms with Crippen molar-refractivity contribution in [2.45, 2.75) is 57.9 Å². The Morgan fingerprint density at radius 3 is 2.16 bits per heavy atom. The first-order valence-electron chi connectivity index (χ1n) is 12.4. The van der Waals surface area contributed by atoms with E-state index in [1.807, 2.05) is 16.7 Å². The van der Waals surface area contributed by atoms with Crippen molar-refractivity contribution in [3.05, 3.63) is 0 Å². The molecule has 1 unspecified atom stereocenters. The molecule has 5 aliphatic rings. The van der Waals surface area contributed by atoms with E-state index >= 15 is 0 Å². The zero-order valence-corrected chi connectivity index (χ0v) is 20.6. The van der Waals surface area contributed by atoms with Crippen molar-refractivity contribution in [1.82, 2.24) is 20.0 Å². The Bertz CT molecular complexity index is 614. The molecule has 1 heterocycles. The van der Waals surface area contributed by atoms with Gasteiger partial charge in [0.1, 0.15) is 6.04 Å². The first-order chi connectivity index (χ1) is 14.9. The van der Waals surface area contributed by atoms with Crippen LogP contribution < -0.4 is 5.32 Å². The Kier molecular flexibility index (Phi) is 7.41. The van der Waals surface area contributed by atoms with Gasteiger partial charge in [0.2, 0.25) is 5.91 Å². The molecule has 5 fully saturated rings. The number of carbonyl (C=O) groups is 2. The van der Waals surface area contributed by atoms with Gasteiger partial charge in [-0.05, 0) is 88.3 Å². The molecule has 1 atom stereocenters. The number of amides is 3. The van der Waals surface area contributed by atoms with Crippen LogP contribution in [0.1, 0.15) is 51.9 Å². The Hall–Kier alpha value is -0.950. The molecule has 176 valence electrons. The van der Waals surface area contributed by atoms with E-state index < -0.39 is 6.04 Å². The maximum Gasteiger partial charge on any atom is 0.318 e. The van der Waals surface area contributed by atoms with Gasteiger partial charge in [-0.2, -0.15) is 11.8 Å². The van der Waals surface area contributed by atoms with Crippen LogP contribution in [0.5, 0.6) is 0 Å². The van der Waals surface area contributed by atoms with E-state index in [0.29, 0.717) is 5.41 Å². The topological polar surface area (TPSA) is 55.9 Å². The Morgan fingerprint density at radius 2 is 1.61 bits per heavy atom. The van der Waals surface area contributed by atoms with Crippen LogP contribution in [0.25, 0.3) is 0 Å². The van der Waals surface area contributed by atoms with Gasteiger partial charge in [-0.25, -0.2) is 4.79 Å². The summed E-state index contributed by atoms with van der Waals surface area (Å²) in [6.45, 7) is 6.72. The van der Waals surface area contributed by atoms with Crippen LogP contribution in [0.3, 0.4) is 0 Å². The lowest BCUT2D eigenvalue weighted by Crippen LogP contribution is -2.55. The van der Waals surface area contributed by atoms with Crippen LogP contribution in [0.15, 0.2) is 0 Å². The monoisotopic (exact) mass is 450 g/mol. The molecule has 1 N–H and O–H groups in total. The van der Waals surface area contributed by atoms with Gasteiger partial charge in [0.05, 0.1) is 0 Å². The van der Waals surface area contributed by atoms with E-state index in [9.17, 15) is 9.59 Å². The van der Waals surface area contributed by atoms with Crippen molar-refractivity contribution in [2.75, 3.05) is 58.3 Å². The largest absolute Gasteiger partial charge is 0.338 e. The third-order valence-electron chi connectivity index (χ3n) is 8.46. The summed E-state index contributed by atoms with van der Waals surface area (Å²) in [5.41, 5.74) is 0.480. The number of nitrogens with one attached hydrogen (secondary N) is 1. The van der Waals surface area contributed by atoms with Crippen molar-refractivity contribution < 1.29 is 9.59 Å². The molecule has 0 radical (unpaired) electrons. The summed E-state index contributed by atoms with van der Waals surface area (Å²) in [7, 11) is 2.08. The van der Waals surface area contributed by atoms with Gasteiger partial charge >= 0.3 is 6.03 Å². The molecule has 4 aliphatic carbocycles. The molecule has 4 saturated carbocycles. The highest BCUT2D eigenvalue weighted by Gasteiger charge is 2.50. The molecule has 7 heteroatoms. The van der Waals surface area contributed by atoms with Crippen LogP contribution in [0.4, 0.5) is 4.79 Å². The lowest BCUT2D eigenvalue weighted by atomic mass is 9.49. The smallest absolute Gasteiger partial charge is 0.318 e. The van der Waals surface area contributed by atoms with E-state index in [0.717, 1.165) is 69.2 Å². The number of carbonyl (C=O) groups excluding carboxylic acids is 2. The van der Waals surface area contributed by atoms with Crippen molar-refractivity contribution >= 4 is 23.7 Å². The Morgan fingerprint density at radius 1 is 1.03 bits per heavy atom.